The molecule has 0 fully saturated rings. The van der Waals surface area contributed by atoms with Gasteiger partial charge in [-0.3, -0.25) is 13.9 Å². The van der Waals surface area contributed by atoms with Crippen molar-refractivity contribution in [2.75, 3.05) is 10.8 Å². The van der Waals surface area contributed by atoms with Gasteiger partial charge in [-0.2, -0.15) is 0 Å². The molecular formula is C29H33ClFN3O4S. The fraction of sp³-hybridized carbons (Fsp3) is 0.310. The highest BCUT2D eigenvalue weighted by Gasteiger charge is 2.34. The molecule has 0 heterocycles. The van der Waals surface area contributed by atoms with Crippen LogP contribution in [0.3, 0.4) is 0 Å². The molecule has 2 amide bonds. The molecule has 3 aromatic rings. The van der Waals surface area contributed by atoms with Crippen molar-refractivity contribution >= 4 is 39.1 Å². The van der Waals surface area contributed by atoms with Crippen LogP contribution in [0.5, 0.6) is 0 Å². The predicted molar refractivity (Wildman–Crippen MR) is 151 cm³/mol. The van der Waals surface area contributed by atoms with Crippen molar-refractivity contribution < 1.29 is 22.4 Å². The molecule has 208 valence electrons. The highest BCUT2D eigenvalue weighted by molar-refractivity contribution is 7.92. The number of halogens is 2. The molecule has 3 aromatic carbocycles. The third-order valence-electron chi connectivity index (χ3n) is 5.94. The number of sulfonamides is 1. The van der Waals surface area contributed by atoms with Crippen molar-refractivity contribution in [1.29, 1.82) is 0 Å². The van der Waals surface area contributed by atoms with Crippen molar-refractivity contribution in [2.24, 2.45) is 0 Å². The third kappa shape index (κ3) is 7.80. The second kappa shape index (κ2) is 12.2. The van der Waals surface area contributed by atoms with E-state index >= 15 is 0 Å². The summed E-state index contributed by atoms with van der Waals surface area (Å²) >= 11 is 6.01. The first-order chi connectivity index (χ1) is 18.2. The molecule has 0 saturated heterocycles. The molecule has 1 N–H and O–H groups in total. The number of benzene rings is 3. The smallest absolute Gasteiger partial charge is 0.264 e. The van der Waals surface area contributed by atoms with Gasteiger partial charge in [0.1, 0.15) is 18.4 Å². The number of hydrogen-bond donors (Lipinski definition) is 1. The third-order valence-corrected chi connectivity index (χ3v) is 7.97. The number of para-hydroxylation sites is 1. The van der Waals surface area contributed by atoms with E-state index in [9.17, 15) is 22.4 Å². The van der Waals surface area contributed by atoms with E-state index in [1.807, 2.05) is 27.7 Å². The predicted octanol–water partition coefficient (Wildman–Crippen LogP) is 5.31. The number of carbonyl (C=O) groups is 2. The van der Waals surface area contributed by atoms with Gasteiger partial charge in [0.15, 0.2) is 0 Å². The summed E-state index contributed by atoms with van der Waals surface area (Å²) in [5.74, 6) is -1.90. The van der Waals surface area contributed by atoms with Gasteiger partial charge in [0.2, 0.25) is 11.8 Å². The Morgan fingerprint density at radius 3 is 2.13 bits per heavy atom. The Balaban J connectivity index is 2.04. The number of anilines is 1. The summed E-state index contributed by atoms with van der Waals surface area (Å²) in [5.41, 5.74) is 0.691. The monoisotopic (exact) mass is 573 g/mol. The standard InChI is InChI=1S/C29H33ClFN3O4S/c1-20-10-16-24(17-11-20)39(37,38)34(26-9-7-6-8-25(26)31)19-27(35)33(18-22-12-14-23(30)15-13-22)21(2)28(36)32-29(3,4)5/h6-17,21H,18-19H2,1-5H3,(H,32,36)/t21-/m1/s1. The van der Waals surface area contributed by atoms with Gasteiger partial charge in [0.05, 0.1) is 10.6 Å². The summed E-state index contributed by atoms with van der Waals surface area (Å²) < 4.78 is 43.2. The number of rotatable bonds is 9. The fourth-order valence-electron chi connectivity index (χ4n) is 3.85. The van der Waals surface area contributed by atoms with Crippen LogP contribution in [0.1, 0.15) is 38.8 Å². The molecule has 0 saturated carbocycles. The fourth-order valence-corrected chi connectivity index (χ4v) is 5.40. The quantitative estimate of drug-likeness (QED) is 0.376. The molecule has 0 aliphatic carbocycles. The highest BCUT2D eigenvalue weighted by atomic mass is 35.5. The van der Waals surface area contributed by atoms with Gasteiger partial charge in [-0.25, -0.2) is 12.8 Å². The maximum absolute atomic E-state index is 15.0. The molecule has 10 heteroatoms. The van der Waals surface area contributed by atoms with Gasteiger partial charge in [0, 0.05) is 17.1 Å². The number of aryl methyl sites for hydroxylation is 1. The second-order valence-electron chi connectivity index (χ2n) is 10.3. The average Bonchev–Trinajstić information content (AvgIpc) is 2.86. The normalized spacial score (nSPS) is 12.5. The maximum atomic E-state index is 15.0. The summed E-state index contributed by atoms with van der Waals surface area (Å²) in [6.07, 6.45) is 0. The van der Waals surface area contributed by atoms with Crippen molar-refractivity contribution in [3.63, 3.8) is 0 Å². The van der Waals surface area contributed by atoms with E-state index in [4.69, 9.17) is 11.6 Å². The number of hydrogen-bond acceptors (Lipinski definition) is 4. The zero-order valence-electron chi connectivity index (χ0n) is 22.6. The van der Waals surface area contributed by atoms with E-state index in [0.717, 1.165) is 15.9 Å². The van der Waals surface area contributed by atoms with Crippen LogP contribution in [0.25, 0.3) is 0 Å². The summed E-state index contributed by atoms with van der Waals surface area (Å²) in [4.78, 5) is 28.1. The van der Waals surface area contributed by atoms with Crippen LogP contribution in [-0.4, -0.2) is 43.3 Å². The molecule has 0 aromatic heterocycles. The lowest BCUT2D eigenvalue weighted by Gasteiger charge is -2.33. The molecule has 3 rings (SSSR count). The van der Waals surface area contributed by atoms with Crippen LogP contribution >= 0.6 is 11.6 Å². The second-order valence-corrected chi connectivity index (χ2v) is 12.6. The Hall–Kier alpha value is -3.43. The average molecular weight is 574 g/mol. The largest absolute Gasteiger partial charge is 0.350 e. The van der Waals surface area contributed by atoms with E-state index in [-0.39, 0.29) is 17.1 Å². The number of nitrogens with one attached hydrogen (secondary N) is 1. The topological polar surface area (TPSA) is 86.8 Å². The first kappa shape index (κ1) is 30.1. The zero-order chi connectivity index (χ0) is 29.0. The van der Waals surface area contributed by atoms with E-state index in [0.29, 0.717) is 10.6 Å². The minimum absolute atomic E-state index is 0.00439. The van der Waals surface area contributed by atoms with Gasteiger partial charge in [-0.05, 0) is 76.6 Å². The molecule has 0 spiro atoms. The van der Waals surface area contributed by atoms with Crippen molar-refractivity contribution in [2.45, 2.75) is 57.6 Å². The SMILES string of the molecule is Cc1ccc(S(=O)(=O)N(CC(=O)N(Cc2ccc(Cl)cc2)[C@H](C)C(=O)NC(C)(C)C)c2ccccc2F)cc1. The van der Waals surface area contributed by atoms with Crippen LogP contribution in [0, 0.1) is 12.7 Å². The summed E-state index contributed by atoms with van der Waals surface area (Å²) in [7, 11) is -4.35. The zero-order valence-corrected chi connectivity index (χ0v) is 24.2. The van der Waals surface area contributed by atoms with Crippen molar-refractivity contribution in [3.05, 3.63) is 94.8 Å². The molecule has 0 unspecified atom stereocenters. The van der Waals surface area contributed by atoms with Crippen LogP contribution < -0.4 is 9.62 Å². The Bertz CT molecular complexity index is 1420. The molecule has 0 bridgehead atoms. The first-order valence-electron chi connectivity index (χ1n) is 12.4. The molecule has 39 heavy (non-hydrogen) atoms. The lowest BCUT2D eigenvalue weighted by Crippen LogP contribution is -2.54. The molecule has 7 nitrogen and oxygen atoms in total. The molecule has 0 radical (unpaired) electrons. The van der Waals surface area contributed by atoms with Gasteiger partial charge in [-0.1, -0.05) is 53.6 Å². The van der Waals surface area contributed by atoms with Gasteiger partial charge in [0.25, 0.3) is 10.0 Å². The number of amides is 2. The maximum Gasteiger partial charge on any atom is 0.264 e. The lowest BCUT2D eigenvalue weighted by atomic mass is 10.1. The van der Waals surface area contributed by atoms with Crippen LogP contribution in [0.4, 0.5) is 10.1 Å². The van der Waals surface area contributed by atoms with Crippen LogP contribution in [0.2, 0.25) is 5.02 Å². The Kier molecular flexibility index (Phi) is 9.40. The van der Waals surface area contributed by atoms with Crippen LogP contribution in [-0.2, 0) is 26.2 Å². The van der Waals surface area contributed by atoms with Gasteiger partial charge >= 0.3 is 0 Å². The Morgan fingerprint density at radius 2 is 1.56 bits per heavy atom. The van der Waals surface area contributed by atoms with E-state index in [1.54, 1.807) is 43.3 Å². The van der Waals surface area contributed by atoms with Crippen molar-refractivity contribution in [3.8, 4) is 0 Å². The summed E-state index contributed by atoms with van der Waals surface area (Å²) in [5, 5.41) is 3.36. The minimum Gasteiger partial charge on any atom is -0.350 e. The van der Waals surface area contributed by atoms with Gasteiger partial charge in [-0.15, -0.1) is 0 Å². The first-order valence-corrected chi connectivity index (χ1v) is 14.2. The molecule has 0 aliphatic heterocycles. The molecular weight excluding hydrogens is 541 g/mol. The summed E-state index contributed by atoms with van der Waals surface area (Å²) in [6.45, 7) is 8.11. The van der Waals surface area contributed by atoms with Crippen molar-refractivity contribution in [1.82, 2.24) is 10.2 Å². The lowest BCUT2D eigenvalue weighted by molar-refractivity contribution is -0.140. The van der Waals surface area contributed by atoms with Gasteiger partial charge < -0.3 is 10.2 Å². The number of carbonyl (C=O) groups excluding carboxylic acids is 2. The Labute approximate surface area is 234 Å². The van der Waals surface area contributed by atoms with Crippen LogP contribution in [0.15, 0.2) is 77.7 Å². The molecule has 1 atom stereocenters. The Morgan fingerprint density at radius 1 is 0.974 bits per heavy atom. The van der Waals surface area contributed by atoms with E-state index < -0.39 is 45.8 Å². The van der Waals surface area contributed by atoms with E-state index in [1.165, 1.54) is 35.2 Å². The molecule has 0 aliphatic rings. The number of nitrogens with zero attached hydrogens (tertiary/aromatic N) is 2. The minimum atomic E-state index is -4.35. The summed E-state index contributed by atoms with van der Waals surface area (Å²) in [6, 6.07) is 17.2. The van der Waals surface area contributed by atoms with E-state index in [2.05, 4.69) is 5.32 Å². The highest BCUT2D eigenvalue weighted by Crippen LogP contribution is 2.27.